The molecule has 0 saturated carbocycles. The van der Waals surface area contributed by atoms with Crippen LogP contribution in [0, 0.1) is 11.7 Å². The van der Waals surface area contributed by atoms with E-state index in [2.05, 4.69) is 24.1 Å². The fourth-order valence-electron chi connectivity index (χ4n) is 1.78. The van der Waals surface area contributed by atoms with E-state index in [9.17, 15) is 4.39 Å². The highest BCUT2D eigenvalue weighted by Crippen LogP contribution is 2.29. The molecule has 112 valence electrons. The maximum Gasteiger partial charge on any atom is 0.137 e. The van der Waals surface area contributed by atoms with Gasteiger partial charge in [-0.05, 0) is 42.3 Å². The Kier molecular flexibility index (Phi) is 6.03. The number of nitrogens with one attached hydrogen (secondary N) is 1. The molecule has 1 heterocycles. The molecule has 0 bridgehead atoms. The summed E-state index contributed by atoms with van der Waals surface area (Å²) in [4.78, 5) is 4.73. The van der Waals surface area contributed by atoms with E-state index in [1.165, 1.54) is 11.8 Å². The molecule has 0 atom stereocenters. The molecule has 2 rings (SSSR count). The first kappa shape index (κ1) is 16.3. The highest BCUT2D eigenvalue weighted by molar-refractivity contribution is 7.99. The van der Waals surface area contributed by atoms with Crippen molar-refractivity contribution in [2.75, 3.05) is 6.54 Å². The molecule has 0 aliphatic carbocycles. The van der Waals surface area contributed by atoms with Crippen LogP contribution in [0.3, 0.4) is 0 Å². The summed E-state index contributed by atoms with van der Waals surface area (Å²) < 4.78 is 14.1. The molecular formula is C16H18ClFN2S. The average molecular weight is 325 g/mol. The Morgan fingerprint density at radius 2 is 2.10 bits per heavy atom. The third-order valence-corrected chi connectivity index (χ3v) is 4.02. The number of hydrogen-bond donors (Lipinski definition) is 1. The number of aromatic nitrogens is 1. The molecule has 1 N–H and O–H groups in total. The van der Waals surface area contributed by atoms with Crippen LogP contribution in [0.15, 0.2) is 46.5 Å². The largest absolute Gasteiger partial charge is 0.312 e. The lowest BCUT2D eigenvalue weighted by molar-refractivity contribution is 0.548. The van der Waals surface area contributed by atoms with Gasteiger partial charge in [0.2, 0.25) is 0 Å². The molecule has 0 radical (unpaired) electrons. The van der Waals surface area contributed by atoms with Gasteiger partial charge in [0.1, 0.15) is 10.8 Å². The first-order chi connectivity index (χ1) is 10.0. The Morgan fingerprint density at radius 1 is 1.29 bits per heavy atom. The summed E-state index contributed by atoms with van der Waals surface area (Å²) in [6.07, 6.45) is 1.56. The molecule has 21 heavy (non-hydrogen) atoms. The van der Waals surface area contributed by atoms with Crippen LogP contribution >= 0.6 is 23.4 Å². The lowest BCUT2D eigenvalue weighted by atomic mass is 10.2. The van der Waals surface area contributed by atoms with Crippen LogP contribution in [-0.2, 0) is 6.54 Å². The van der Waals surface area contributed by atoms with E-state index < -0.39 is 0 Å². The number of nitrogens with zero attached hydrogens (tertiary/aromatic N) is 1. The van der Waals surface area contributed by atoms with E-state index >= 15 is 0 Å². The highest BCUT2D eigenvalue weighted by Gasteiger charge is 2.07. The molecule has 0 amide bonds. The van der Waals surface area contributed by atoms with Crippen molar-refractivity contribution >= 4 is 23.4 Å². The van der Waals surface area contributed by atoms with Gasteiger partial charge in [-0.15, -0.1) is 0 Å². The minimum absolute atomic E-state index is 0.222. The molecule has 1 aromatic carbocycles. The molecule has 2 nitrogen and oxygen atoms in total. The molecular weight excluding hydrogens is 307 g/mol. The molecule has 2 aromatic rings. The molecule has 5 heteroatoms. The smallest absolute Gasteiger partial charge is 0.137 e. The minimum atomic E-state index is -0.222. The SMILES string of the molecule is CC(C)CNCc1ccc(Sc2ccc(Cl)cn2)c(F)c1. The van der Waals surface area contributed by atoms with Crippen LogP contribution in [0.5, 0.6) is 0 Å². The summed E-state index contributed by atoms with van der Waals surface area (Å²) in [5.74, 6) is 0.362. The topological polar surface area (TPSA) is 24.9 Å². The zero-order valence-electron chi connectivity index (χ0n) is 12.1. The van der Waals surface area contributed by atoms with Crippen LogP contribution in [0.2, 0.25) is 5.02 Å². The lowest BCUT2D eigenvalue weighted by Gasteiger charge is -2.09. The third-order valence-electron chi connectivity index (χ3n) is 2.79. The number of rotatable bonds is 6. The van der Waals surface area contributed by atoms with Crippen molar-refractivity contribution < 1.29 is 4.39 Å². The first-order valence-electron chi connectivity index (χ1n) is 6.83. The van der Waals surface area contributed by atoms with Gasteiger partial charge in [0.15, 0.2) is 0 Å². The summed E-state index contributed by atoms with van der Waals surface area (Å²) in [5.41, 5.74) is 0.946. The highest BCUT2D eigenvalue weighted by atomic mass is 35.5. The van der Waals surface area contributed by atoms with Gasteiger partial charge in [-0.1, -0.05) is 43.3 Å². The zero-order valence-corrected chi connectivity index (χ0v) is 13.6. The fourth-order valence-corrected chi connectivity index (χ4v) is 2.65. The van der Waals surface area contributed by atoms with Crippen LogP contribution in [0.25, 0.3) is 0 Å². The molecule has 0 aliphatic heterocycles. The van der Waals surface area contributed by atoms with Crippen LogP contribution in [0.1, 0.15) is 19.4 Å². The van der Waals surface area contributed by atoms with Gasteiger partial charge in [-0.2, -0.15) is 0 Å². The maximum atomic E-state index is 14.1. The molecule has 0 aliphatic rings. The van der Waals surface area contributed by atoms with Gasteiger partial charge in [0.05, 0.1) is 5.02 Å². The summed E-state index contributed by atoms with van der Waals surface area (Å²) >= 11 is 7.08. The Bertz CT molecular complexity index is 587. The number of halogens is 2. The molecule has 0 unspecified atom stereocenters. The molecule has 0 fully saturated rings. The summed E-state index contributed by atoms with van der Waals surface area (Å²) in [5, 5.41) is 4.60. The number of benzene rings is 1. The summed E-state index contributed by atoms with van der Waals surface area (Å²) in [6, 6.07) is 8.84. The van der Waals surface area contributed by atoms with E-state index in [4.69, 9.17) is 11.6 Å². The van der Waals surface area contributed by atoms with Gasteiger partial charge >= 0.3 is 0 Å². The lowest BCUT2D eigenvalue weighted by Crippen LogP contribution is -2.18. The van der Waals surface area contributed by atoms with Crippen molar-refractivity contribution in [3.05, 3.63) is 52.9 Å². The van der Waals surface area contributed by atoms with E-state index in [1.807, 2.05) is 6.07 Å². The summed E-state index contributed by atoms with van der Waals surface area (Å²) in [6.45, 7) is 5.89. The van der Waals surface area contributed by atoms with Crippen molar-refractivity contribution in [1.29, 1.82) is 0 Å². The van der Waals surface area contributed by atoms with Crippen molar-refractivity contribution in [2.24, 2.45) is 5.92 Å². The third kappa shape index (κ3) is 5.30. The van der Waals surface area contributed by atoms with Crippen molar-refractivity contribution in [3.63, 3.8) is 0 Å². The van der Waals surface area contributed by atoms with Crippen molar-refractivity contribution in [2.45, 2.75) is 30.3 Å². The van der Waals surface area contributed by atoms with E-state index in [0.29, 0.717) is 22.4 Å². The second-order valence-corrected chi connectivity index (χ2v) is 6.70. The monoisotopic (exact) mass is 324 g/mol. The van der Waals surface area contributed by atoms with Crippen molar-refractivity contribution in [3.8, 4) is 0 Å². The normalized spacial score (nSPS) is 11.1. The predicted molar refractivity (Wildman–Crippen MR) is 86.3 cm³/mol. The van der Waals surface area contributed by atoms with Crippen LogP contribution in [-0.4, -0.2) is 11.5 Å². The predicted octanol–water partition coefficient (Wildman–Crippen LogP) is 4.77. The average Bonchev–Trinajstić information content (AvgIpc) is 2.44. The summed E-state index contributed by atoms with van der Waals surface area (Å²) in [7, 11) is 0. The Hall–Kier alpha value is -1.10. The van der Waals surface area contributed by atoms with Crippen LogP contribution in [0.4, 0.5) is 4.39 Å². The van der Waals surface area contributed by atoms with Crippen LogP contribution < -0.4 is 5.32 Å². The van der Waals surface area contributed by atoms with Gasteiger partial charge < -0.3 is 5.32 Å². The second-order valence-electron chi connectivity index (χ2n) is 5.21. The fraction of sp³-hybridized carbons (Fsp3) is 0.312. The standard InChI is InChI=1S/C16H18ClFN2S/c1-11(2)8-19-9-12-3-5-15(14(18)7-12)21-16-6-4-13(17)10-20-16/h3-7,10-11,19H,8-9H2,1-2H3. The molecule has 1 aromatic heterocycles. The van der Waals surface area contributed by atoms with Gasteiger partial charge in [0, 0.05) is 17.6 Å². The quantitative estimate of drug-likeness (QED) is 0.828. The van der Waals surface area contributed by atoms with E-state index in [1.54, 1.807) is 30.5 Å². The van der Waals surface area contributed by atoms with Gasteiger partial charge in [0.25, 0.3) is 0 Å². The second kappa shape index (κ2) is 7.78. The molecule has 0 saturated heterocycles. The van der Waals surface area contributed by atoms with Gasteiger partial charge in [-0.3, -0.25) is 0 Å². The minimum Gasteiger partial charge on any atom is -0.312 e. The number of hydrogen-bond acceptors (Lipinski definition) is 3. The van der Waals surface area contributed by atoms with Gasteiger partial charge in [-0.25, -0.2) is 9.37 Å². The maximum absolute atomic E-state index is 14.1. The first-order valence-corrected chi connectivity index (χ1v) is 8.02. The number of pyridine rings is 1. The Morgan fingerprint density at radius 3 is 2.71 bits per heavy atom. The Balaban J connectivity index is 2.00. The Labute approximate surface area is 134 Å². The zero-order chi connectivity index (χ0) is 15.2. The van der Waals surface area contributed by atoms with E-state index in [0.717, 1.165) is 17.1 Å². The van der Waals surface area contributed by atoms with Crippen molar-refractivity contribution in [1.82, 2.24) is 10.3 Å². The van der Waals surface area contributed by atoms with E-state index in [-0.39, 0.29) is 5.82 Å². The molecule has 0 spiro atoms.